The third-order valence-electron chi connectivity index (χ3n) is 6.29. The lowest BCUT2D eigenvalue weighted by Crippen LogP contribution is -3.19. The average molecular weight is 361 g/mol. The number of nitrogens with zero attached hydrogens (tertiary/aromatic N) is 1. The average Bonchev–Trinajstić information content (AvgIpc) is 2.69. The van der Waals surface area contributed by atoms with Gasteiger partial charge in [-0.1, -0.05) is 19.8 Å². The molecule has 144 valence electrons. The largest absolute Gasteiger partial charge is 0.497 e. The Morgan fingerprint density at radius 2 is 1.85 bits per heavy atom. The summed E-state index contributed by atoms with van der Waals surface area (Å²) < 4.78 is 5.23. The van der Waals surface area contributed by atoms with Gasteiger partial charge in [0.05, 0.1) is 33.3 Å². The van der Waals surface area contributed by atoms with Gasteiger partial charge in [0.25, 0.3) is 5.91 Å². The number of nitrogens with one attached hydrogen (secondary N) is 2. The third kappa shape index (κ3) is 4.50. The van der Waals surface area contributed by atoms with Crippen molar-refractivity contribution in [2.45, 2.75) is 51.6 Å². The van der Waals surface area contributed by atoms with Crippen molar-refractivity contribution >= 4 is 11.6 Å². The Kier molecular flexibility index (Phi) is 6.41. The van der Waals surface area contributed by atoms with E-state index in [-0.39, 0.29) is 11.9 Å². The highest BCUT2D eigenvalue weighted by molar-refractivity contribution is 5.80. The number of hydrogen-bond acceptors (Lipinski definition) is 3. The van der Waals surface area contributed by atoms with Gasteiger partial charge in [0.1, 0.15) is 5.75 Å². The second-order valence-corrected chi connectivity index (χ2v) is 7.94. The van der Waals surface area contributed by atoms with E-state index in [1.165, 1.54) is 29.8 Å². The summed E-state index contributed by atoms with van der Waals surface area (Å²) in [6.45, 7) is 8.33. The first-order valence-electron chi connectivity index (χ1n) is 10.1. The molecule has 0 bridgehead atoms. The Balaban J connectivity index is 1.49. The molecule has 1 saturated heterocycles. The van der Waals surface area contributed by atoms with Crippen LogP contribution in [0.2, 0.25) is 0 Å². The molecule has 0 radical (unpaired) electrons. The van der Waals surface area contributed by atoms with Crippen molar-refractivity contribution in [3.05, 3.63) is 24.3 Å². The lowest BCUT2D eigenvalue weighted by atomic mass is 9.86. The van der Waals surface area contributed by atoms with Gasteiger partial charge in [0.15, 0.2) is 6.04 Å². The summed E-state index contributed by atoms with van der Waals surface area (Å²) in [6.07, 6.45) is 4.94. The van der Waals surface area contributed by atoms with Gasteiger partial charge in [-0.2, -0.15) is 0 Å². The molecule has 3 rings (SSSR count). The first-order valence-corrected chi connectivity index (χ1v) is 10.1. The van der Waals surface area contributed by atoms with Crippen LogP contribution in [-0.2, 0) is 4.79 Å². The number of amides is 1. The Labute approximate surface area is 157 Å². The summed E-state index contributed by atoms with van der Waals surface area (Å²) >= 11 is 0. The molecular formula is C21H34N3O2+. The molecule has 0 spiro atoms. The molecule has 1 saturated carbocycles. The maximum atomic E-state index is 12.7. The minimum Gasteiger partial charge on any atom is -0.497 e. The molecule has 26 heavy (non-hydrogen) atoms. The van der Waals surface area contributed by atoms with E-state index in [1.807, 2.05) is 12.1 Å². The molecule has 3 atom stereocenters. The standard InChI is InChI=1S/C21H33N3O2/c1-16-6-4-5-7-20(16)22-21(25)17(2)23-12-14-24(15-13-23)18-8-10-19(26-3)11-9-18/h8-11,16-17,20H,4-7,12-15H2,1-3H3,(H,22,25)/p+1/t16-,17+,20+/m0/s1. The molecule has 1 aromatic rings. The van der Waals surface area contributed by atoms with Crippen molar-refractivity contribution in [2.24, 2.45) is 5.92 Å². The van der Waals surface area contributed by atoms with Gasteiger partial charge in [-0.15, -0.1) is 0 Å². The zero-order chi connectivity index (χ0) is 18.5. The van der Waals surface area contributed by atoms with Crippen LogP contribution in [0.5, 0.6) is 5.75 Å². The Bertz CT molecular complexity index is 581. The molecule has 1 amide bonds. The molecule has 1 heterocycles. The lowest BCUT2D eigenvalue weighted by molar-refractivity contribution is -0.914. The maximum Gasteiger partial charge on any atom is 0.278 e. The van der Waals surface area contributed by atoms with Crippen LogP contribution in [0.15, 0.2) is 24.3 Å². The molecule has 2 N–H and O–H groups in total. The van der Waals surface area contributed by atoms with Crippen LogP contribution in [0.4, 0.5) is 5.69 Å². The number of rotatable bonds is 5. The van der Waals surface area contributed by atoms with Crippen LogP contribution in [0.25, 0.3) is 0 Å². The summed E-state index contributed by atoms with van der Waals surface area (Å²) in [4.78, 5) is 16.5. The number of methoxy groups -OCH3 is 1. The number of benzene rings is 1. The Morgan fingerprint density at radius 1 is 1.19 bits per heavy atom. The summed E-state index contributed by atoms with van der Waals surface area (Å²) in [6, 6.07) is 8.65. The molecule has 0 aromatic heterocycles. The van der Waals surface area contributed by atoms with Crippen LogP contribution in [-0.4, -0.2) is 51.3 Å². The number of quaternary nitrogens is 1. The van der Waals surface area contributed by atoms with Gasteiger partial charge in [0.2, 0.25) is 0 Å². The number of anilines is 1. The van der Waals surface area contributed by atoms with E-state index < -0.39 is 0 Å². The predicted molar refractivity (Wildman–Crippen MR) is 105 cm³/mol. The zero-order valence-electron chi connectivity index (χ0n) is 16.5. The molecule has 2 fully saturated rings. The van der Waals surface area contributed by atoms with E-state index in [2.05, 4.69) is 36.2 Å². The minimum atomic E-state index is 0.0298. The first kappa shape index (κ1) is 19.0. The molecule has 1 aliphatic carbocycles. The molecule has 5 heteroatoms. The van der Waals surface area contributed by atoms with Gasteiger partial charge < -0.3 is 19.9 Å². The van der Waals surface area contributed by atoms with Crippen molar-refractivity contribution in [1.29, 1.82) is 0 Å². The lowest BCUT2D eigenvalue weighted by Gasteiger charge is -2.37. The van der Waals surface area contributed by atoms with Crippen LogP contribution in [0.3, 0.4) is 0 Å². The second kappa shape index (κ2) is 8.76. The van der Waals surface area contributed by atoms with Crippen LogP contribution < -0.4 is 19.9 Å². The van der Waals surface area contributed by atoms with Crippen molar-refractivity contribution in [3.8, 4) is 5.75 Å². The van der Waals surface area contributed by atoms with Crippen LogP contribution in [0.1, 0.15) is 39.5 Å². The first-order chi connectivity index (χ1) is 12.6. The number of hydrogen-bond donors (Lipinski definition) is 2. The second-order valence-electron chi connectivity index (χ2n) is 7.94. The third-order valence-corrected chi connectivity index (χ3v) is 6.29. The normalized spacial score (nSPS) is 25.6. The van der Waals surface area contributed by atoms with E-state index >= 15 is 0 Å². The van der Waals surface area contributed by atoms with E-state index in [9.17, 15) is 4.79 Å². The summed E-state index contributed by atoms with van der Waals surface area (Å²) in [5.74, 6) is 1.73. The van der Waals surface area contributed by atoms with Gasteiger partial charge >= 0.3 is 0 Å². The molecule has 5 nitrogen and oxygen atoms in total. The number of carbonyl (C=O) groups is 1. The fraction of sp³-hybridized carbons (Fsp3) is 0.667. The number of carbonyl (C=O) groups excluding carboxylic acids is 1. The van der Waals surface area contributed by atoms with Crippen molar-refractivity contribution in [3.63, 3.8) is 0 Å². The minimum absolute atomic E-state index is 0.0298. The van der Waals surface area contributed by atoms with Crippen molar-refractivity contribution < 1.29 is 14.4 Å². The SMILES string of the molecule is COc1ccc(N2CC[NH+]([C@H](C)C(=O)N[C@@H]3CCCC[C@@H]3C)CC2)cc1. The Hall–Kier alpha value is -1.75. The maximum absolute atomic E-state index is 12.7. The van der Waals surface area contributed by atoms with Gasteiger partial charge in [-0.05, 0) is 49.9 Å². The van der Waals surface area contributed by atoms with Gasteiger partial charge in [-0.3, -0.25) is 4.79 Å². The van der Waals surface area contributed by atoms with Gasteiger partial charge in [-0.25, -0.2) is 0 Å². The highest BCUT2D eigenvalue weighted by Gasteiger charge is 2.31. The molecule has 2 aliphatic rings. The fourth-order valence-electron chi connectivity index (χ4n) is 4.30. The molecule has 0 unspecified atom stereocenters. The van der Waals surface area contributed by atoms with Crippen molar-refractivity contribution in [1.82, 2.24) is 5.32 Å². The molecule has 1 aromatic carbocycles. The van der Waals surface area contributed by atoms with E-state index in [0.717, 1.165) is 38.3 Å². The van der Waals surface area contributed by atoms with E-state index in [4.69, 9.17) is 4.74 Å². The summed E-state index contributed by atoms with van der Waals surface area (Å²) in [5.41, 5.74) is 1.23. The van der Waals surface area contributed by atoms with Gasteiger partial charge in [0, 0.05) is 11.7 Å². The van der Waals surface area contributed by atoms with Crippen LogP contribution >= 0.6 is 0 Å². The zero-order valence-corrected chi connectivity index (χ0v) is 16.5. The Morgan fingerprint density at radius 3 is 2.46 bits per heavy atom. The predicted octanol–water partition coefficient (Wildman–Crippen LogP) is 1.48. The van der Waals surface area contributed by atoms with Crippen LogP contribution in [0, 0.1) is 5.92 Å². The van der Waals surface area contributed by atoms with E-state index in [0.29, 0.717) is 12.0 Å². The topological polar surface area (TPSA) is 46.0 Å². The molecular weight excluding hydrogens is 326 g/mol. The quantitative estimate of drug-likeness (QED) is 0.836. The van der Waals surface area contributed by atoms with Crippen molar-refractivity contribution in [2.75, 3.05) is 38.2 Å². The number of ether oxygens (including phenoxy) is 1. The summed E-state index contributed by atoms with van der Waals surface area (Å²) in [5, 5.41) is 3.33. The smallest absolute Gasteiger partial charge is 0.278 e. The number of piperazine rings is 1. The van der Waals surface area contributed by atoms with E-state index in [1.54, 1.807) is 7.11 Å². The molecule has 1 aliphatic heterocycles. The summed E-state index contributed by atoms with van der Waals surface area (Å²) in [7, 11) is 1.69. The highest BCUT2D eigenvalue weighted by Crippen LogP contribution is 2.23. The monoisotopic (exact) mass is 360 g/mol. The fourth-order valence-corrected chi connectivity index (χ4v) is 4.30. The highest BCUT2D eigenvalue weighted by atomic mass is 16.5.